The van der Waals surface area contributed by atoms with Crippen molar-refractivity contribution in [2.75, 3.05) is 0 Å². The molecular weight excluding hydrogens is 216 g/mol. The summed E-state index contributed by atoms with van der Waals surface area (Å²) in [5.74, 6) is -0.907. The van der Waals surface area contributed by atoms with E-state index >= 15 is 0 Å². The Kier molecular flexibility index (Phi) is 2.65. The second-order valence-electron chi connectivity index (χ2n) is 5.44. The fourth-order valence-corrected chi connectivity index (χ4v) is 1.83. The molecule has 90 valence electrons. The van der Waals surface area contributed by atoms with Crippen LogP contribution in [0.5, 0.6) is 0 Å². The molecule has 0 saturated heterocycles. The minimum Gasteiger partial charge on any atom is -0.478 e. The lowest BCUT2D eigenvalue weighted by Gasteiger charge is -2.19. The van der Waals surface area contributed by atoms with E-state index in [4.69, 9.17) is 5.11 Å². The number of hydrogen-bond donors (Lipinski definition) is 1. The molecule has 0 spiro atoms. The molecule has 17 heavy (non-hydrogen) atoms. The van der Waals surface area contributed by atoms with E-state index in [1.165, 1.54) is 0 Å². The summed E-state index contributed by atoms with van der Waals surface area (Å²) in [5.41, 5.74) is 2.14. The first kappa shape index (κ1) is 11.6. The van der Waals surface area contributed by atoms with Crippen LogP contribution in [-0.2, 0) is 6.54 Å². The third-order valence-electron chi connectivity index (χ3n) is 2.51. The summed E-state index contributed by atoms with van der Waals surface area (Å²) in [6, 6.07) is 5.01. The van der Waals surface area contributed by atoms with Crippen molar-refractivity contribution >= 4 is 17.0 Å². The van der Waals surface area contributed by atoms with Crippen LogP contribution < -0.4 is 0 Å². The van der Waals surface area contributed by atoms with E-state index < -0.39 is 5.97 Å². The van der Waals surface area contributed by atoms with E-state index in [1.807, 2.05) is 4.57 Å². The van der Waals surface area contributed by atoms with Gasteiger partial charge in [-0.15, -0.1) is 0 Å². The van der Waals surface area contributed by atoms with Gasteiger partial charge in [-0.3, -0.25) is 0 Å². The maximum Gasteiger partial charge on any atom is 0.335 e. The number of benzene rings is 1. The third-order valence-corrected chi connectivity index (χ3v) is 2.51. The summed E-state index contributed by atoms with van der Waals surface area (Å²) in [6.07, 6.45) is 1.77. The van der Waals surface area contributed by atoms with Crippen molar-refractivity contribution in [3.8, 4) is 0 Å². The van der Waals surface area contributed by atoms with Gasteiger partial charge in [0.25, 0.3) is 0 Å². The second-order valence-corrected chi connectivity index (χ2v) is 5.44. The molecule has 0 amide bonds. The summed E-state index contributed by atoms with van der Waals surface area (Å²) in [5, 5.41) is 8.98. The van der Waals surface area contributed by atoms with Crippen LogP contribution in [0.15, 0.2) is 24.5 Å². The lowest BCUT2D eigenvalue weighted by atomic mass is 9.97. The predicted molar refractivity (Wildman–Crippen MR) is 66.1 cm³/mol. The van der Waals surface area contributed by atoms with Crippen molar-refractivity contribution in [1.82, 2.24) is 9.55 Å². The maximum atomic E-state index is 10.9. The number of rotatable bonds is 2. The average molecular weight is 232 g/mol. The third kappa shape index (κ3) is 2.46. The number of fused-ring (bicyclic) bond motifs is 1. The second kappa shape index (κ2) is 3.87. The van der Waals surface area contributed by atoms with Crippen LogP contribution in [0.4, 0.5) is 0 Å². The van der Waals surface area contributed by atoms with Gasteiger partial charge in [0.2, 0.25) is 0 Å². The molecule has 1 aromatic carbocycles. The molecule has 0 radical (unpaired) electrons. The van der Waals surface area contributed by atoms with Crippen molar-refractivity contribution in [2.24, 2.45) is 5.41 Å². The Labute approximate surface area is 99.9 Å². The van der Waals surface area contributed by atoms with E-state index in [1.54, 1.807) is 24.5 Å². The van der Waals surface area contributed by atoms with Gasteiger partial charge >= 0.3 is 5.97 Å². The molecule has 0 bridgehead atoms. The number of carboxylic acids is 1. The van der Waals surface area contributed by atoms with E-state index in [2.05, 4.69) is 25.8 Å². The van der Waals surface area contributed by atoms with Gasteiger partial charge in [-0.25, -0.2) is 9.78 Å². The lowest BCUT2D eigenvalue weighted by Crippen LogP contribution is -2.14. The Bertz CT molecular complexity index is 564. The Hall–Kier alpha value is -1.84. The van der Waals surface area contributed by atoms with E-state index in [-0.39, 0.29) is 5.41 Å². The van der Waals surface area contributed by atoms with Crippen molar-refractivity contribution in [3.63, 3.8) is 0 Å². The van der Waals surface area contributed by atoms with Gasteiger partial charge in [0.15, 0.2) is 0 Å². The molecule has 0 unspecified atom stereocenters. The van der Waals surface area contributed by atoms with Crippen LogP contribution >= 0.6 is 0 Å². The number of carbonyl (C=O) groups is 1. The zero-order valence-corrected chi connectivity index (χ0v) is 10.3. The summed E-state index contributed by atoms with van der Waals surface area (Å²) < 4.78 is 2.00. The highest BCUT2D eigenvalue weighted by molar-refractivity contribution is 5.92. The normalized spacial score (nSPS) is 11.9. The highest BCUT2D eigenvalue weighted by Crippen LogP contribution is 2.21. The topological polar surface area (TPSA) is 55.1 Å². The minimum absolute atomic E-state index is 0.132. The molecular formula is C13H16N2O2. The van der Waals surface area contributed by atoms with Crippen LogP contribution in [0.3, 0.4) is 0 Å². The van der Waals surface area contributed by atoms with Gasteiger partial charge in [0.1, 0.15) is 0 Å². The SMILES string of the molecule is CC(C)(C)Cn1cnc2ccc(C(=O)O)cc21. The Balaban J connectivity index is 2.50. The van der Waals surface area contributed by atoms with Gasteiger partial charge in [-0.2, -0.15) is 0 Å². The highest BCUT2D eigenvalue weighted by atomic mass is 16.4. The molecule has 2 rings (SSSR count). The summed E-state index contributed by atoms with van der Waals surface area (Å²) in [6.45, 7) is 7.23. The number of imidazole rings is 1. The zero-order valence-electron chi connectivity index (χ0n) is 10.3. The van der Waals surface area contributed by atoms with E-state index in [0.717, 1.165) is 17.6 Å². The molecule has 0 fully saturated rings. The maximum absolute atomic E-state index is 10.9. The summed E-state index contributed by atoms with van der Waals surface area (Å²) >= 11 is 0. The molecule has 1 aromatic heterocycles. The van der Waals surface area contributed by atoms with Crippen LogP contribution in [-0.4, -0.2) is 20.6 Å². The molecule has 2 aromatic rings. The monoisotopic (exact) mass is 232 g/mol. The average Bonchev–Trinajstić information content (AvgIpc) is 2.58. The molecule has 0 aliphatic heterocycles. The lowest BCUT2D eigenvalue weighted by molar-refractivity contribution is 0.0697. The quantitative estimate of drug-likeness (QED) is 0.866. The Morgan fingerprint density at radius 1 is 1.41 bits per heavy atom. The summed E-state index contributed by atoms with van der Waals surface area (Å²) in [7, 11) is 0. The Morgan fingerprint density at radius 2 is 2.12 bits per heavy atom. The number of aromatic nitrogens is 2. The molecule has 4 nitrogen and oxygen atoms in total. The standard InChI is InChI=1S/C13H16N2O2/c1-13(2,3)7-15-8-14-10-5-4-9(12(16)17)6-11(10)15/h4-6,8H,7H2,1-3H3,(H,16,17). The molecule has 1 N–H and O–H groups in total. The van der Waals surface area contributed by atoms with Gasteiger partial charge in [0.05, 0.1) is 22.9 Å². The fraction of sp³-hybridized carbons (Fsp3) is 0.385. The van der Waals surface area contributed by atoms with Crippen LogP contribution in [0.1, 0.15) is 31.1 Å². The molecule has 0 saturated carbocycles. The number of hydrogen-bond acceptors (Lipinski definition) is 2. The zero-order chi connectivity index (χ0) is 12.6. The fourth-order valence-electron chi connectivity index (χ4n) is 1.83. The number of nitrogens with zero attached hydrogens (tertiary/aromatic N) is 2. The first-order valence-corrected chi connectivity index (χ1v) is 5.55. The van der Waals surface area contributed by atoms with Crippen LogP contribution in [0.2, 0.25) is 0 Å². The highest BCUT2D eigenvalue weighted by Gasteiger charge is 2.14. The summed E-state index contributed by atoms with van der Waals surface area (Å²) in [4.78, 5) is 15.2. The van der Waals surface area contributed by atoms with Crippen molar-refractivity contribution in [3.05, 3.63) is 30.1 Å². The van der Waals surface area contributed by atoms with Gasteiger partial charge in [0, 0.05) is 6.54 Å². The Morgan fingerprint density at radius 3 is 2.71 bits per heavy atom. The van der Waals surface area contributed by atoms with Crippen molar-refractivity contribution in [2.45, 2.75) is 27.3 Å². The van der Waals surface area contributed by atoms with Gasteiger partial charge < -0.3 is 9.67 Å². The molecule has 0 aliphatic rings. The first-order chi connectivity index (χ1) is 7.87. The molecule has 0 aliphatic carbocycles. The van der Waals surface area contributed by atoms with Crippen molar-refractivity contribution in [1.29, 1.82) is 0 Å². The predicted octanol–water partition coefficient (Wildman–Crippen LogP) is 2.78. The first-order valence-electron chi connectivity index (χ1n) is 5.55. The van der Waals surface area contributed by atoms with Crippen LogP contribution in [0, 0.1) is 5.41 Å². The van der Waals surface area contributed by atoms with E-state index in [9.17, 15) is 4.79 Å². The largest absolute Gasteiger partial charge is 0.478 e. The minimum atomic E-state index is -0.907. The number of carboxylic acid groups (broad SMARTS) is 1. The smallest absolute Gasteiger partial charge is 0.335 e. The van der Waals surface area contributed by atoms with Crippen molar-refractivity contribution < 1.29 is 9.90 Å². The van der Waals surface area contributed by atoms with Gasteiger partial charge in [-0.1, -0.05) is 20.8 Å². The van der Waals surface area contributed by atoms with Crippen LogP contribution in [0.25, 0.3) is 11.0 Å². The molecule has 1 heterocycles. The van der Waals surface area contributed by atoms with E-state index in [0.29, 0.717) is 5.56 Å². The number of aromatic carboxylic acids is 1. The molecule has 4 heteroatoms. The van der Waals surface area contributed by atoms with Gasteiger partial charge in [-0.05, 0) is 23.6 Å². The molecule has 0 atom stereocenters.